The SMILES string of the molecule is Cc1ccc(C(=O)N(CCCN(C)C)c2nc3cc4c(cc3s2)OCO4)cc1.Cl. The molecule has 0 fully saturated rings. The predicted octanol–water partition coefficient (Wildman–Crippen LogP) is 4.35. The minimum atomic E-state index is -0.0298. The molecule has 0 bridgehead atoms. The Balaban J connectivity index is 0.00000240. The van der Waals surface area contributed by atoms with Gasteiger partial charge in [0, 0.05) is 24.2 Å². The third kappa shape index (κ3) is 4.63. The van der Waals surface area contributed by atoms with Crippen LogP contribution in [0.5, 0.6) is 11.5 Å². The smallest absolute Gasteiger partial charge is 0.260 e. The molecule has 4 rings (SSSR count). The Bertz CT molecular complexity index is 963. The lowest BCUT2D eigenvalue weighted by Crippen LogP contribution is -2.33. The number of thiazole rings is 1. The fourth-order valence-electron chi connectivity index (χ4n) is 3.10. The maximum atomic E-state index is 13.2. The first-order valence-corrected chi connectivity index (χ1v) is 10.1. The molecule has 0 spiro atoms. The maximum Gasteiger partial charge on any atom is 0.260 e. The summed E-state index contributed by atoms with van der Waals surface area (Å²) in [4.78, 5) is 21.9. The molecule has 1 aliphatic heterocycles. The van der Waals surface area contributed by atoms with Crippen LogP contribution in [0.1, 0.15) is 22.3 Å². The number of carbonyl (C=O) groups is 1. The van der Waals surface area contributed by atoms with Crippen LogP contribution in [-0.2, 0) is 0 Å². The highest BCUT2D eigenvalue weighted by Gasteiger charge is 2.23. The fourth-order valence-corrected chi connectivity index (χ4v) is 4.10. The van der Waals surface area contributed by atoms with E-state index in [0.29, 0.717) is 23.0 Å². The van der Waals surface area contributed by atoms with Gasteiger partial charge in [-0.3, -0.25) is 9.69 Å². The molecule has 0 saturated carbocycles. The molecular formula is C21H24ClN3O3S. The maximum absolute atomic E-state index is 13.2. The second-order valence-electron chi connectivity index (χ2n) is 7.15. The topological polar surface area (TPSA) is 54.9 Å². The molecule has 8 heteroatoms. The number of rotatable bonds is 6. The molecule has 154 valence electrons. The van der Waals surface area contributed by atoms with E-state index < -0.39 is 0 Å². The summed E-state index contributed by atoms with van der Waals surface area (Å²) in [5.74, 6) is 1.40. The van der Waals surface area contributed by atoms with Gasteiger partial charge in [-0.2, -0.15) is 0 Å². The highest BCUT2D eigenvalue weighted by molar-refractivity contribution is 7.22. The first-order chi connectivity index (χ1) is 13.5. The zero-order chi connectivity index (χ0) is 19.7. The van der Waals surface area contributed by atoms with Gasteiger partial charge in [0.15, 0.2) is 16.6 Å². The van der Waals surface area contributed by atoms with E-state index in [4.69, 9.17) is 14.5 Å². The van der Waals surface area contributed by atoms with Crippen molar-refractivity contribution in [3.05, 3.63) is 47.5 Å². The number of aromatic nitrogens is 1. The number of nitrogens with zero attached hydrogens (tertiary/aromatic N) is 3. The highest BCUT2D eigenvalue weighted by Crippen LogP contribution is 2.40. The number of halogens is 1. The summed E-state index contributed by atoms with van der Waals surface area (Å²) in [6, 6.07) is 11.5. The van der Waals surface area contributed by atoms with Gasteiger partial charge in [-0.1, -0.05) is 29.0 Å². The van der Waals surface area contributed by atoms with Crippen LogP contribution in [0.2, 0.25) is 0 Å². The molecule has 0 unspecified atom stereocenters. The summed E-state index contributed by atoms with van der Waals surface area (Å²) in [5.41, 5.74) is 2.62. The lowest BCUT2D eigenvalue weighted by molar-refractivity contribution is 0.0986. The molecule has 0 atom stereocenters. The summed E-state index contributed by atoms with van der Waals surface area (Å²) >= 11 is 1.50. The number of ether oxygens (including phenoxy) is 2. The predicted molar refractivity (Wildman–Crippen MR) is 119 cm³/mol. The van der Waals surface area contributed by atoms with E-state index in [1.165, 1.54) is 11.3 Å². The van der Waals surface area contributed by atoms with Crippen molar-refractivity contribution in [1.29, 1.82) is 0 Å². The Morgan fingerprint density at radius 3 is 2.48 bits per heavy atom. The van der Waals surface area contributed by atoms with Crippen molar-refractivity contribution in [2.24, 2.45) is 0 Å². The third-order valence-corrected chi connectivity index (χ3v) is 5.67. The summed E-state index contributed by atoms with van der Waals surface area (Å²) in [6.45, 7) is 3.76. The molecule has 1 aromatic heterocycles. The minimum Gasteiger partial charge on any atom is -0.454 e. The van der Waals surface area contributed by atoms with Gasteiger partial charge in [-0.25, -0.2) is 4.98 Å². The summed E-state index contributed by atoms with van der Waals surface area (Å²) in [5, 5.41) is 0.697. The second-order valence-corrected chi connectivity index (χ2v) is 8.16. The molecule has 3 aromatic rings. The number of amides is 1. The first kappa shape index (κ1) is 21.4. The zero-order valence-electron chi connectivity index (χ0n) is 16.7. The zero-order valence-corrected chi connectivity index (χ0v) is 18.3. The van der Waals surface area contributed by atoms with Crippen molar-refractivity contribution >= 4 is 45.0 Å². The van der Waals surface area contributed by atoms with E-state index in [9.17, 15) is 4.79 Å². The molecule has 2 aromatic carbocycles. The Kier molecular flexibility index (Phi) is 6.62. The van der Waals surface area contributed by atoms with Gasteiger partial charge in [-0.05, 0) is 46.1 Å². The van der Waals surface area contributed by atoms with Gasteiger partial charge < -0.3 is 14.4 Å². The largest absolute Gasteiger partial charge is 0.454 e. The molecule has 0 radical (unpaired) electrons. The molecule has 29 heavy (non-hydrogen) atoms. The van der Waals surface area contributed by atoms with Crippen LogP contribution in [0.3, 0.4) is 0 Å². The van der Waals surface area contributed by atoms with Gasteiger partial charge in [0.2, 0.25) is 6.79 Å². The van der Waals surface area contributed by atoms with Crippen molar-refractivity contribution in [2.45, 2.75) is 13.3 Å². The van der Waals surface area contributed by atoms with Crippen molar-refractivity contribution in [1.82, 2.24) is 9.88 Å². The fraction of sp³-hybridized carbons (Fsp3) is 0.333. The normalized spacial score (nSPS) is 12.3. The van der Waals surface area contributed by atoms with E-state index in [1.54, 1.807) is 4.90 Å². The quantitative estimate of drug-likeness (QED) is 0.578. The van der Waals surface area contributed by atoms with Crippen LogP contribution in [-0.4, -0.2) is 49.8 Å². The standard InChI is InChI=1S/C21H23N3O3S.ClH/c1-14-5-7-15(8-6-14)20(25)24(10-4-9-23(2)3)21-22-16-11-17-18(27-13-26-17)12-19(16)28-21;/h5-8,11-12H,4,9-10,13H2,1-3H3;1H. The molecule has 1 aliphatic rings. The number of anilines is 1. The Morgan fingerprint density at radius 2 is 1.79 bits per heavy atom. The van der Waals surface area contributed by atoms with Gasteiger partial charge in [-0.15, -0.1) is 12.4 Å². The van der Waals surface area contributed by atoms with E-state index in [0.717, 1.165) is 34.5 Å². The van der Waals surface area contributed by atoms with E-state index >= 15 is 0 Å². The number of hydrogen-bond acceptors (Lipinski definition) is 6. The summed E-state index contributed by atoms with van der Waals surface area (Å²) < 4.78 is 11.9. The van der Waals surface area contributed by atoms with Crippen LogP contribution < -0.4 is 14.4 Å². The van der Waals surface area contributed by atoms with Gasteiger partial charge in [0.1, 0.15) is 0 Å². The Morgan fingerprint density at radius 1 is 1.10 bits per heavy atom. The molecule has 0 saturated heterocycles. The average Bonchev–Trinajstić information content (AvgIpc) is 3.28. The summed E-state index contributed by atoms with van der Waals surface area (Å²) in [6.07, 6.45) is 0.864. The monoisotopic (exact) mass is 433 g/mol. The van der Waals surface area contributed by atoms with Crippen LogP contribution in [0.15, 0.2) is 36.4 Å². The number of fused-ring (bicyclic) bond motifs is 2. The van der Waals surface area contributed by atoms with Crippen LogP contribution in [0.25, 0.3) is 10.2 Å². The van der Waals surface area contributed by atoms with Crippen molar-refractivity contribution in [2.75, 3.05) is 38.9 Å². The lowest BCUT2D eigenvalue weighted by Gasteiger charge is -2.21. The second kappa shape index (κ2) is 8.98. The van der Waals surface area contributed by atoms with Crippen LogP contribution >= 0.6 is 23.7 Å². The Hall–Kier alpha value is -2.35. The van der Waals surface area contributed by atoms with Crippen LogP contribution in [0.4, 0.5) is 5.13 Å². The average molecular weight is 434 g/mol. The van der Waals surface area contributed by atoms with E-state index in [1.807, 2.05) is 57.4 Å². The highest BCUT2D eigenvalue weighted by atomic mass is 35.5. The molecule has 0 aliphatic carbocycles. The number of hydrogen-bond donors (Lipinski definition) is 0. The lowest BCUT2D eigenvalue weighted by atomic mass is 10.1. The molecular weight excluding hydrogens is 410 g/mol. The molecule has 0 N–H and O–H groups in total. The third-order valence-electron chi connectivity index (χ3n) is 4.63. The van der Waals surface area contributed by atoms with Crippen molar-refractivity contribution in [3.63, 3.8) is 0 Å². The number of carbonyl (C=O) groups excluding carboxylic acids is 1. The van der Waals surface area contributed by atoms with Crippen LogP contribution in [0, 0.1) is 6.92 Å². The van der Waals surface area contributed by atoms with E-state index in [2.05, 4.69) is 4.90 Å². The van der Waals surface area contributed by atoms with Crippen molar-refractivity contribution < 1.29 is 14.3 Å². The Labute approximate surface area is 180 Å². The van der Waals surface area contributed by atoms with Gasteiger partial charge >= 0.3 is 0 Å². The molecule has 1 amide bonds. The first-order valence-electron chi connectivity index (χ1n) is 9.25. The number of benzene rings is 2. The van der Waals surface area contributed by atoms with E-state index in [-0.39, 0.29) is 25.1 Å². The number of aryl methyl sites for hydroxylation is 1. The minimum absolute atomic E-state index is 0. The van der Waals surface area contributed by atoms with Crippen molar-refractivity contribution in [3.8, 4) is 11.5 Å². The molecule has 6 nitrogen and oxygen atoms in total. The van der Waals surface area contributed by atoms with Gasteiger partial charge in [0.05, 0.1) is 10.2 Å². The summed E-state index contributed by atoms with van der Waals surface area (Å²) in [7, 11) is 4.07. The van der Waals surface area contributed by atoms with Gasteiger partial charge in [0.25, 0.3) is 5.91 Å². The molecule has 2 heterocycles.